The maximum absolute atomic E-state index is 12.8. The average molecular weight is 685 g/mol. The van der Waals surface area contributed by atoms with Crippen molar-refractivity contribution < 1.29 is 14.2 Å². The molecule has 0 aliphatic carbocycles. The highest BCUT2D eigenvalue weighted by atomic mass is 35.5. The lowest BCUT2D eigenvalue weighted by Gasteiger charge is -2.37. The van der Waals surface area contributed by atoms with Gasteiger partial charge in [-0.2, -0.15) is 20.1 Å². The highest BCUT2D eigenvalue weighted by Crippen LogP contribution is 2.39. The molecular formula is C36H41ClN8O4. The van der Waals surface area contributed by atoms with Gasteiger partial charge in [-0.25, -0.2) is 14.0 Å². The largest absolute Gasteiger partial charge is 0.491 e. The number of ether oxygens (including phenoxy) is 3. The Kier molecular flexibility index (Phi) is 9.44. The quantitative estimate of drug-likeness (QED) is 0.185. The van der Waals surface area contributed by atoms with Crippen LogP contribution < -0.4 is 20.2 Å². The Morgan fingerprint density at radius 3 is 2.20 bits per heavy atom. The number of halogens is 1. The summed E-state index contributed by atoms with van der Waals surface area (Å²) in [6.07, 6.45) is 5.43. The summed E-state index contributed by atoms with van der Waals surface area (Å²) in [5.41, 5.74) is 4.86. The minimum absolute atomic E-state index is 0.0677. The fourth-order valence-corrected chi connectivity index (χ4v) is 6.60. The molecule has 0 bridgehead atoms. The van der Waals surface area contributed by atoms with Crippen molar-refractivity contribution >= 4 is 23.0 Å². The molecule has 0 N–H and O–H groups in total. The number of piperazine rings is 1. The van der Waals surface area contributed by atoms with Gasteiger partial charge in [-0.05, 0) is 86.5 Å². The Morgan fingerprint density at radius 2 is 1.55 bits per heavy atom. The van der Waals surface area contributed by atoms with E-state index in [1.807, 2.05) is 56.3 Å². The number of aromatic nitrogens is 6. The molecule has 3 aromatic carbocycles. The van der Waals surface area contributed by atoms with Gasteiger partial charge in [0.05, 0.1) is 30.7 Å². The zero-order valence-electron chi connectivity index (χ0n) is 28.0. The van der Waals surface area contributed by atoms with Crippen molar-refractivity contribution in [3.05, 3.63) is 112 Å². The number of nitrogens with zero attached hydrogens (tertiary/aromatic N) is 8. The minimum atomic E-state index is -1.08. The van der Waals surface area contributed by atoms with Crippen molar-refractivity contribution in [1.82, 2.24) is 29.3 Å². The molecule has 0 spiro atoms. The zero-order valence-corrected chi connectivity index (χ0v) is 28.7. The lowest BCUT2D eigenvalue weighted by molar-refractivity contribution is -0.192. The molecule has 256 valence electrons. The van der Waals surface area contributed by atoms with Gasteiger partial charge >= 0.3 is 5.69 Å². The number of rotatable bonds is 11. The number of benzene rings is 3. The van der Waals surface area contributed by atoms with Crippen LogP contribution in [0.2, 0.25) is 5.02 Å². The van der Waals surface area contributed by atoms with Crippen LogP contribution in [0.3, 0.4) is 0 Å². The van der Waals surface area contributed by atoms with Crippen LogP contribution >= 0.6 is 11.6 Å². The summed E-state index contributed by atoms with van der Waals surface area (Å²) in [5.74, 6) is -0.308. The van der Waals surface area contributed by atoms with Crippen LogP contribution in [0.1, 0.15) is 37.4 Å². The van der Waals surface area contributed by atoms with Crippen LogP contribution in [-0.4, -0.2) is 74.8 Å². The topological polar surface area (TPSA) is 105 Å². The van der Waals surface area contributed by atoms with Crippen molar-refractivity contribution in [2.45, 2.75) is 51.7 Å². The molecule has 0 amide bonds. The lowest BCUT2D eigenvalue weighted by Crippen LogP contribution is -2.46. The van der Waals surface area contributed by atoms with Crippen LogP contribution in [0.15, 0.2) is 90.2 Å². The highest BCUT2D eigenvalue weighted by Gasteiger charge is 2.45. The van der Waals surface area contributed by atoms with E-state index in [0.29, 0.717) is 18.2 Å². The van der Waals surface area contributed by atoms with Gasteiger partial charge < -0.3 is 24.0 Å². The SMILES string of the molecule is CCC(C)n1ncn(-c2ccc(N3CCN(c4ccc(OC[C@@H]5CO[C@@](Cn6nccn6)(c6cc(Cl)ccc6C)O5)cc4)CC3)cc2)c1=O. The number of hydrogen-bond donors (Lipinski definition) is 0. The van der Waals surface area contributed by atoms with Gasteiger partial charge in [0.25, 0.3) is 0 Å². The maximum atomic E-state index is 12.8. The van der Waals surface area contributed by atoms with Gasteiger partial charge in [-0.1, -0.05) is 24.6 Å². The highest BCUT2D eigenvalue weighted by molar-refractivity contribution is 6.30. The summed E-state index contributed by atoms with van der Waals surface area (Å²) in [5, 5.41) is 13.5. The van der Waals surface area contributed by atoms with E-state index >= 15 is 0 Å². The summed E-state index contributed by atoms with van der Waals surface area (Å²) in [7, 11) is 0. The Morgan fingerprint density at radius 1 is 0.918 bits per heavy atom. The predicted octanol–water partition coefficient (Wildman–Crippen LogP) is 5.23. The molecule has 5 aromatic rings. The average Bonchev–Trinajstić information content (AvgIpc) is 3.90. The number of aryl methyl sites for hydroxylation is 1. The maximum Gasteiger partial charge on any atom is 0.350 e. The zero-order chi connectivity index (χ0) is 34.0. The molecule has 2 saturated heterocycles. The molecule has 2 aliphatic rings. The van der Waals surface area contributed by atoms with Crippen molar-refractivity contribution in [1.29, 1.82) is 0 Å². The first-order valence-electron chi connectivity index (χ1n) is 16.7. The fourth-order valence-electron chi connectivity index (χ4n) is 6.43. The Hall–Kier alpha value is -4.65. The van der Waals surface area contributed by atoms with Crippen LogP contribution in [-0.2, 0) is 21.8 Å². The first kappa shape index (κ1) is 32.9. The normalized spacial score (nSPS) is 20.1. The minimum Gasteiger partial charge on any atom is -0.491 e. The fraction of sp³-hybridized carbons (Fsp3) is 0.389. The summed E-state index contributed by atoms with van der Waals surface area (Å²) in [6.45, 7) is 10.6. The Bertz CT molecular complexity index is 1900. The second-order valence-corrected chi connectivity index (χ2v) is 13.0. The first-order valence-corrected chi connectivity index (χ1v) is 17.1. The van der Waals surface area contributed by atoms with E-state index in [1.54, 1.807) is 32.8 Å². The summed E-state index contributed by atoms with van der Waals surface area (Å²) in [4.78, 5) is 19.1. The van der Waals surface area contributed by atoms with Gasteiger partial charge in [0.2, 0.25) is 5.79 Å². The van der Waals surface area contributed by atoms with Crippen molar-refractivity contribution in [3.8, 4) is 11.4 Å². The summed E-state index contributed by atoms with van der Waals surface area (Å²) < 4.78 is 22.2. The third kappa shape index (κ3) is 6.94. The van der Waals surface area contributed by atoms with Crippen LogP contribution in [0.25, 0.3) is 5.69 Å². The van der Waals surface area contributed by atoms with E-state index in [4.69, 9.17) is 25.8 Å². The summed E-state index contributed by atoms with van der Waals surface area (Å²) >= 11 is 6.37. The van der Waals surface area contributed by atoms with E-state index in [9.17, 15) is 4.79 Å². The smallest absolute Gasteiger partial charge is 0.350 e. The molecule has 1 unspecified atom stereocenters. The van der Waals surface area contributed by atoms with Crippen molar-refractivity contribution in [2.75, 3.05) is 49.2 Å². The molecule has 2 aromatic heterocycles. The molecule has 13 heteroatoms. The Labute approximate surface area is 290 Å². The molecule has 0 radical (unpaired) electrons. The Balaban J connectivity index is 0.927. The summed E-state index contributed by atoms with van der Waals surface area (Å²) in [6, 6.07) is 22.1. The molecule has 49 heavy (non-hydrogen) atoms. The molecule has 0 saturated carbocycles. The number of hydrogen-bond acceptors (Lipinski definition) is 9. The lowest BCUT2D eigenvalue weighted by atomic mass is 10.00. The first-order chi connectivity index (χ1) is 23.8. The number of anilines is 2. The molecular weight excluding hydrogens is 644 g/mol. The molecule has 12 nitrogen and oxygen atoms in total. The molecule has 7 rings (SSSR count). The van der Waals surface area contributed by atoms with Gasteiger partial charge in [0.1, 0.15) is 31.3 Å². The van der Waals surface area contributed by atoms with Crippen molar-refractivity contribution in [2.24, 2.45) is 0 Å². The van der Waals surface area contributed by atoms with Crippen LogP contribution in [0.4, 0.5) is 11.4 Å². The van der Waals surface area contributed by atoms with E-state index < -0.39 is 5.79 Å². The van der Waals surface area contributed by atoms with Crippen LogP contribution in [0.5, 0.6) is 5.75 Å². The van der Waals surface area contributed by atoms with E-state index in [2.05, 4.69) is 56.3 Å². The molecule has 3 atom stereocenters. The molecule has 4 heterocycles. The second kappa shape index (κ2) is 14.1. The second-order valence-electron chi connectivity index (χ2n) is 12.6. The van der Waals surface area contributed by atoms with E-state index in [-0.39, 0.29) is 24.4 Å². The van der Waals surface area contributed by atoms with Gasteiger partial charge in [-0.15, -0.1) is 0 Å². The van der Waals surface area contributed by atoms with Crippen molar-refractivity contribution in [3.63, 3.8) is 0 Å². The monoisotopic (exact) mass is 684 g/mol. The predicted molar refractivity (Wildman–Crippen MR) is 188 cm³/mol. The van der Waals surface area contributed by atoms with Gasteiger partial charge in [0.15, 0.2) is 0 Å². The standard InChI is InChI=1S/C36H41ClN8O4/c1-4-27(3)45-35(46)43(25-40-45)31-9-7-29(8-10-31)41-17-19-42(20-18-41)30-11-13-32(14-12-30)47-22-33-23-48-36(49-33,24-44-38-15-16-39-44)34-21-28(37)6-5-26(34)2/h5-16,21,25,27,33H,4,17-20,22-24H2,1-3H3/t27?,33-,36-/m1/s1. The van der Waals surface area contributed by atoms with Gasteiger partial charge in [-0.3, -0.25) is 0 Å². The van der Waals surface area contributed by atoms with Gasteiger partial charge in [0, 0.05) is 48.1 Å². The van der Waals surface area contributed by atoms with Crippen LogP contribution in [0, 0.1) is 6.92 Å². The van der Waals surface area contributed by atoms with E-state index in [0.717, 1.165) is 66.5 Å². The van der Waals surface area contributed by atoms with E-state index in [1.165, 1.54) is 0 Å². The molecule has 2 aliphatic heterocycles. The molecule has 2 fully saturated rings. The third-order valence-electron chi connectivity index (χ3n) is 9.40. The third-order valence-corrected chi connectivity index (χ3v) is 9.63.